The van der Waals surface area contributed by atoms with Crippen LogP contribution in [0, 0.1) is 22.1 Å². The molecule has 8 heteroatoms. The summed E-state index contributed by atoms with van der Waals surface area (Å²) in [7, 11) is 0. The second-order valence-electron chi connectivity index (χ2n) is 9.47. The molecule has 188 valence electrons. The van der Waals surface area contributed by atoms with Crippen LogP contribution in [-0.4, -0.2) is 47.6 Å². The number of nitrogens with one attached hydrogen (secondary N) is 1. The Morgan fingerprint density at radius 1 is 1.00 bits per heavy atom. The maximum Gasteiger partial charge on any atom is 0.133 e. The number of hydrogen-bond donors (Lipinski definition) is 1. The first-order valence-corrected chi connectivity index (χ1v) is 12.7. The van der Waals surface area contributed by atoms with Crippen molar-refractivity contribution in [1.29, 1.82) is 5.26 Å². The van der Waals surface area contributed by atoms with Crippen LogP contribution in [0.15, 0.2) is 66.1 Å². The van der Waals surface area contributed by atoms with Gasteiger partial charge in [-0.05, 0) is 73.3 Å². The summed E-state index contributed by atoms with van der Waals surface area (Å²) in [5, 5.41) is 13.4. The predicted octanol–water partition coefficient (Wildman–Crippen LogP) is 5.65. The minimum Gasteiger partial charge on any atom is -0.361 e. The van der Waals surface area contributed by atoms with Gasteiger partial charge in [0.1, 0.15) is 18.2 Å². The lowest BCUT2D eigenvalue weighted by atomic mass is 10.0. The van der Waals surface area contributed by atoms with Crippen LogP contribution in [0.2, 0.25) is 0 Å². The Morgan fingerprint density at radius 3 is 2.57 bits per heavy atom. The van der Waals surface area contributed by atoms with Crippen molar-refractivity contribution >= 4 is 16.7 Å². The topological polar surface area (TPSA) is 88.4 Å². The molecule has 0 saturated carbocycles. The third kappa shape index (κ3) is 5.68. The number of aromatic nitrogens is 2. The number of anilines is 1. The van der Waals surface area contributed by atoms with Gasteiger partial charge in [-0.1, -0.05) is 17.3 Å². The van der Waals surface area contributed by atoms with Crippen LogP contribution in [0.3, 0.4) is 0 Å². The molecule has 1 saturated heterocycles. The van der Waals surface area contributed by atoms with Crippen LogP contribution in [0.1, 0.15) is 29.5 Å². The van der Waals surface area contributed by atoms with E-state index in [0.29, 0.717) is 5.56 Å². The molecule has 7 nitrogen and oxygen atoms in total. The Morgan fingerprint density at radius 2 is 1.81 bits per heavy atom. The van der Waals surface area contributed by atoms with Crippen molar-refractivity contribution in [2.75, 3.05) is 37.6 Å². The standard InChI is InChI=1S/C29H29FN6O/c30-26-7-5-22(6-8-26)24-16-25(20-34-37)29(33-19-24)36-13-11-35(12-14-36)10-2-1-3-23-18-32-28-9-4-21(17-31)15-27(23)28/h4-9,15-16,18-19,32H,1-3,10-14,20H2. The smallest absolute Gasteiger partial charge is 0.133 e. The lowest BCUT2D eigenvalue weighted by molar-refractivity contribution is 0.252. The van der Waals surface area contributed by atoms with Crippen molar-refractivity contribution in [1.82, 2.24) is 14.9 Å². The molecule has 37 heavy (non-hydrogen) atoms. The zero-order valence-corrected chi connectivity index (χ0v) is 20.7. The molecule has 4 aromatic rings. The number of nitrogens with zero attached hydrogens (tertiary/aromatic N) is 5. The lowest BCUT2D eigenvalue weighted by Gasteiger charge is -2.36. The number of benzene rings is 2. The van der Waals surface area contributed by atoms with Crippen molar-refractivity contribution in [3.63, 3.8) is 0 Å². The van der Waals surface area contributed by atoms with Gasteiger partial charge in [-0.15, -0.1) is 0 Å². The fourth-order valence-electron chi connectivity index (χ4n) is 5.06. The SMILES string of the molecule is N#Cc1ccc2[nH]cc(CCCCN3CCN(c4ncc(-c5ccc(F)cc5)cc4CN=O)CC3)c2c1. The molecule has 0 spiro atoms. The molecule has 1 N–H and O–H groups in total. The molecule has 3 heterocycles. The van der Waals surface area contributed by atoms with Gasteiger partial charge in [0.15, 0.2) is 0 Å². The molecule has 0 unspecified atom stereocenters. The van der Waals surface area contributed by atoms with Gasteiger partial charge in [-0.2, -0.15) is 10.2 Å². The van der Waals surface area contributed by atoms with Crippen molar-refractivity contribution < 1.29 is 4.39 Å². The number of H-pyrrole nitrogens is 1. The van der Waals surface area contributed by atoms with E-state index in [0.717, 1.165) is 85.4 Å². The molecular formula is C29H29FN6O. The minimum absolute atomic E-state index is 0.0568. The Balaban J connectivity index is 1.14. The second kappa shape index (κ2) is 11.3. The highest BCUT2D eigenvalue weighted by Gasteiger charge is 2.21. The quantitative estimate of drug-likeness (QED) is 0.239. The van der Waals surface area contributed by atoms with Crippen LogP contribution >= 0.6 is 0 Å². The van der Waals surface area contributed by atoms with Gasteiger partial charge in [0.05, 0.1) is 11.6 Å². The summed E-state index contributed by atoms with van der Waals surface area (Å²) in [6.07, 6.45) is 7.03. The van der Waals surface area contributed by atoms with E-state index in [1.807, 2.05) is 24.3 Å². The van der Waals surface area contributed by atoms with E-state index in [-0.39, 0.29) is 12.4 Å². The second-order valence-corrected chi connectivity index (χ2v) is 9.47. The predicted molar refractivity (Wildman–Crippen MR) is 144 cm³/mol. The fraction of sp³-hybridized carbons (Fsp3) is 0.310. The maximum absolute atomic E-state index is 13.3. The van der Waals surface area contributed by atoms with Gasteiger partial charge in [0, 0.05) is 60.6 Å². The number of hydrogen-bond acceptors (Lipinski definition) is 6. The van der Waals surface area contributed by atoms with Crippen molar-refractivity contribution in [3.05, 3.63) is 88.3 Å². The molecule has 0 atom stereocenters. The van der Waals surface area contributed by atoms with Gasteiger partial charge in [0.25, 0.3) is 0 Å². The molecule has 1 aliphatic rings. The number of fused-ring (bicyclic) bond motifs is 1. The first-order valence-electron chi connectivity index (χ1n) is 12.7. The van der Waals surface area contributed by atoms with Crippen LogP contribution in [0.25, 0.3) is 22.0 Å². The number of halogens is 1. The number of unbranched alkanes of at least 4 members (excludes halogenated alkanes) is 1. The number of aromatic amines is 1. The van der Waals surface area contributed by atoms with Crippen molar-refractivity contribution in [2.24, 2.45) is 5.18 Å². The average molecular weight is 497 g/mol. The first-order chi connectivity index (χ1) is 18.1. The zero-order valence-electron chi connectivity index (χ0n) is 20.7. The highest BCUT2D eigenvalue weighted by atomic mass is 19.1. The Bertz CT molecular complexity index is 1420. The van der Waals surface area contributed by atoms with Gasteiger partial charge in [-0.3, -0.25) is 4.90 Å². The van der Waals surface area contributed by atoms with E-state index >= 15 is 0 Å². The van der Waals surface area contributed by atoms with Crippen molar-refractivity contribution in [2.45, 2.75) is 25.8 Å². The van der Waals surface area contributed by atoms with Crippen LogP contribution in [0.4, 0.5) is 10.2 Å². The summed E-state index contributed by atoms with van der Waals surface area (Å²) in [4.78, 5) is 23.8. The number of aryl methyl sites for hydroxylation is 1. The van der Waals surface area contributed by atoms with E-state index < -0.39 is 0 Å². The molecule has 2 aromatic heterocycles. The number of pyridine rings is 1. The average Bonchev–Trinajstić information content (AvgIpc) is 3.34. The highest BCUT2D eigenvalue weighted by Crippen LogP contribution is 2.27. The molecule has 0 radical (unpaired) electrons. The Labute approximate surface area is 215 Å². The molecule has 5 rings (SSSR count). The highest BCUT2D eigenvalue weighted by molar-refractivity contribution is 5.84. The molecule has 2 aromatic carbocycles. The summed E-state index contributed by atoms with van der Waals surface area (Å²) in [6, 6.07) is 16.2. The number of piperazine rings is 1. The number of nitriles is 1. The van der Waals surface area contributed by atoms with Crippen molar-refractivity contribution in [3.8, 4) is 17.2 Å². The molecule has 1 fully saturated rings. The summed E-state index contributed by atoms with van der Waals surface area (Å²) in [5.74, 6) is 0.523. The van der Waals surface area contributed by atoms with Gasteiger partial charge in [0.2, 0.25) is 0 Å². The normalized spacial score (nSPS) is 14.1. The zero-order chi connectivity index (χ0) is 25.6. The van der Waals surface area contributed by atoms with Crippen LogP contribution in [0.5, 0.6) is 0 Å². The Kier molecular flexibility index (Phi) is 7.52. The van der Waals surface area contributed by atoms with E-state index in [1.165, 1.54) is 17.7 Å². The molecular weight excluding hydrogens is 467 g/mol. The first kappa shape index (κ1) is 24.6. The van der Waals surface area contributed by atoms with Crippen LogP contribution in [-0.2, 0) is 13.0 Å². The van der Waals surface area contributed by atoms with E-state index in [4.69, 9.17) is 0 Å². The number of nitroso groups, excluding NO2 is 1. The molecule has 0 amide bonds. The van der Waals surface area contributed by atoms with E-state index in [2.05, 4.69) is 37.2 Å². The molecule has 0 bridgehead atoms. The Hall–Kier alpha value is -4.09. The fourth-order valence-corrected chi connectivity index (χ4v) is 5.06. The summed E-state index contributed by atoms with van der Waals surface area (Å²) in [5.41, 5.74) is 5.54. The minimum atomic E-state index is -0.284. The number of rotatable bonds is 9. The summed E-state index contributed by atoms with van der Waals surface area (Å²) < 4.78 is 13.3. The molecule has 1 aliphatic heterocycles. The van der Waals surface area contributed by atoms with Crippen LogP contribution < -0.4 is 4.90 Å². The third-order valence-corrected chi connectivity index (χ3v) is 7.09. The maximum atomic E-state index is 13.3. The van der Waals surface area contributed by atoms with E-state index in [1.54, 1.807) is 18.3 Å². The van der Waals surface area contributed by atoms with E-state index in [9.17, 15) is 14.6 Å². The lowest BCUT2D eigenvalue weighted by Crippen LogP contribution is -2.47. The summed E-state index contributed by atoms with van der Waals surface area (Å²) >= 11 is 0. The van der Waals surface area contributed by atoms with Gasteiger partial charge < -0.3 is 9.88 Å². The third-order valence-electron chi connectivity index (χ3n) is 7.09. The summed E-state index contributed by atoms with van der Waals surface area (Å²) in [6.45, 7) is 4.66. The van der Waals surface area contributed by atoms with Gasteiger partial charge >= 0.3 is 0 Å². The largest absolute Gasteiger partial charge is 0.361 e. The monoisotopic (exact) mass is 496 g/mol. The molecule has 0 aliphatic carbocycles. The van der Waals surface area contributed by atoms with Gasteiger partial charge in [-0.25, -0.2) is 9.37 Å².